The fraction of sp³-hybridized carbons (Fsp3) is 0.583. The number of piperidine rings is 1. The standard InChI is InChI=1S/C12H19N5/c1-8-4-6-17(9(2)7-8)12-15-5-3-10(16-12)11(13)14/h3,5,8-9H,4,6-7H2,1-2H3,(H3,13,14). The van der Waals surface area contributed by atoms with E-state index in [0.29, 0.717) is 17.7 Å². The van der Waals surface area contributed by atoms with Crippen LogP contribution < -0.4 is 10.6 Å². The average Bonchev–Trinajstić information content (AvgIpc) is 2.29. The Kier molecular flexibility index (Phi) is 3.26. The summed E-state index contributed by atoms with van der Waals surface area (Å²) in [4.78, 5) is 10.8. The molecule has 0 aliphatic carbocycles. The van der Waals surface area contributed by atoms with Gasteiger partial charge < -0.3 is 10.6 Å². The molecule has 0 saturated carbocycles. The van der Waals surface area contributed by atoms with Gasteiger partial charge in [0.05, 0.1) is 0 Å². The van der Waals surface area contributed by atoms with Crippen molar-refractivity contribution in [2.45, 2.75) is 32.7 Å². The maximum absolute atomic E-state index is 7.40. The Morgan fingerprint density at radius 2 is 2.29 bits per heavy atom. The first-order chi connectivity index (χ1) is 8.08. The Morgan fingerprint density at radius 3 is 2.94 bits per heavy atom. The number of nitrogen functional groups attached to an aromatic ring is 1. The van der Waals surface area contributed by atoms with Gasteiger partial charge in [0.1, 0.15) is 11.5 Å². The van der Waals surface area contributed by atoms with E-state index in [9.17, 15) is 0 Å². The minimum absolute atomic E-state index is 0.00770. The van der Waals surface area contributed by atoms with E-state index in [4.69, 9.17) is 11.1 Å². The maximum atomic E-state index is 7.40. The zero-order chi connectivity index (χ0) is 12.4. The summed E-state index contributed by atoms with van der Waals surface area (Å²) in [5.74, 6) is 1.45. The van der Waals surface area contributed by atoms with Crippen LogP contribution in [0.15, 0.2) is 12.3 Å². The molecule has 92 valence electrons. The first-order valence-electron chi connectivity index (χ1n) is 6.02. The molecular formula is C12H19N5. The first-order valence-corrected chi connectivity index (χ1v) is 6.02. The second-order valence-corrected chi connectivity index (χ2v) is 4.83. The average molecular weight is 233 g/mol. The zero-order valence-electron chi connectivity index (χ0n) is 10.3. The van der Waals surface area contributed by atoms with E-state index in [2.05, 4.69) is 28.7 Å². The lowest BCUT2D eigenvalue weighted by molar-refractivity contribution is 0.374. The molecule has 2 rings (SSSR count). The molecule has 0 spiro atoms. The van der Waals surface area contributed by atoms with E-state index in [1.54, 1.807) is 12.3 Å². The van der Waals surface area contributed by atoms with Crippen molar-refractivity contribution in [3.8, 4) is 0 Å². The molecule has 1 fully saturated rings. The van der Waals surface area contributed by atoms with Crippen LogP contribution in [-0.2, 0) is 0 Å². The Labute approximate surface area is 102 Å². The lowest BCUT2D eigenvalue weighted by atomic mass is 9.94. The quantitative estimate of drug-likeness (QED) is 0.597. The Morgan fingerprint density at radius 1 is 1.53 bits per heavy atom. The van der Waals surface area contributed by atoms with E-state index >= 15 is 0 Å². The van der Waals surface area contributed by atoms with Crippen molar-refractivity contribution in [1.82, 2.24) is 9.97 Å². The van der Waals surface area contributed by atoms with Gasteiger partial charge >= 0.3 is 0 Å². The molecule has 0 aromatic carbocycles. The van der Waals surface area contributed by atoms with Crippen molar-refractivity contribution >= 4 is 11.8 Å². The van der Waals surface area contributed by atoms with E-state index in [-0.39, 0.29) is 5.84 Å². The highest BCUT2D eigenvalue weighted by Gasteiger charge is 2.24. The van der Waals surface area contributed by atoms with Crippen LogP contribution >= 0.6 is 0 Å². The molecule has 1 saturated heterocycles. The Hall–Kier alpha value is -1.65. The van der Waals surface area contributed by atoms with E-state index < -0.39 is 0 Å². The molecule has 1 aliphatic rings. The number of anilines is 1. The summed E-state index contributed by atoms with van der Waals surface area (Å²) in [5, 5.41) is 7.40. The van der Waals surface area contributed by atoms with Gasteiger partial charge in [0.15, 0.2) is 0 Å². The predicted molar refractivity (Wildman–Crippen MR) is 68.3 cm³/mol. The van der Waals surface area contributed by atoms with Crippen molar-refractivity contribution in [1.29, 1.82) is 5.41 Å². The highest BCUT2D eigenvalue weighted by molar-refractivity contribution is 5.93. The number of nitrogens with two attached hydrogens (primary N) is 1. The molecule has 0 bridgehead atoms. The van der Waals surface area contributed by atoms with Gasteiger partial charge in [-0.15, -0.1) is 0 Å². The summed E-state index contributed by atoms with van der Waals surface area (Å²) >= 11 is 0. The van der Waals surface area contributed by atoms with Crippen molar-refractivity contribution in [2.75, 3.05) is 11.4 Å². The van der Waals surface area contributed by atoms with Gasteiger partial charge in [-0.2, -0.15) is 0 Å². The lowest BCUT2D eigenvalue weighted by Crippen LogP contribution is -2.41. The van der Waals surface area contributed by atoms with Gasteiger partial charge in [0.2, 0.25) is 5.95 Å². The van der Waals surface area contributed by atoms with Gasteiger partial charge in [-0.05, 0) is 31.7 Å². The predicted octanol–water partition coefficient (Wildman–Crippen LogP) is 1.39. The summed E-state index contributed by atoms with van der Waals surface area (Å²) in [6, 6.07) is 2.12. The van der Waals surface area contributed by atoms with Crippen LogP contribution in [0, 0.1) is 11.3 Å². The molecule has 0 amide bonds. The van der Waals surface area contributed by atoms with Gasteiger partial charge in [-0.1, -0.05) is 6.92 Å². The smallest absolute Gasteiger partial charge is 0.226 e. The van der Waals surface area contributed by atoms with Crippen molar-refractivity contribution in [3.05, 3.63) is 18.0 Å². The van der Waals surface area contributed by atoms with E-state index in [1.807, 2.05) is 0 Å². The van der Waals surface area contributed by atoms with Crippen LogP contribution in [0.25, 0.3) is 0 Å². The number of nitrogens with zero attached hydrogens (tertiary/aromatic N) is 3. The highest BCUT2D eigenvalue weighted by atomic mass is 15.3. The SMILES string of the molecule is CC1CCN(c2nccc(C(=N)N)n2)C(C)C1. The Bertz CT molecular complexity index is 417. The third-order valence-corrected chi connectivity index (χ3v) is 3.31. The fourth-order valence-electron chi connectivity index (χ4n) is 2.34. The zero-order valence-corrected chi connectivity index (χ0v) is 10.3. The normalized spacial score (nSPS) is 24.7. The number of amidine groups is 1. The van der Waals surface area contributed by atoms with Crippen LogP contribution in [0.3, 0.4) is 0 Å². The first kappa shape index (κ1) is 11.8. The number of hydrogen-bond acceptors (Lipinski definition) is 4. The lowest BCUT2D eigenvalue weighted by Gasteiger charge is -2.36. The third-order valence-electron chi connectivity index (χ3n) is 3.31. The largest absolute Gasteiger partial charge is 0.382 e. The van der Waals surface area contributed by atoms with Gasteiger partial charge in [0, 0.05) is 18.8 Å². The molecule has 2 unspecified atom stereocenters. The van der Waals surface area contributed by atoms with Crippen LogP contribution in [0.5, 0.6) is 0 Å². The van der Waals surface area contributed by atoms with E-state index in [1.165, 1.54) is 0 Å². The second kappa shape index (κ2) is 4.69. The number of aromatic nitrogens is 2. The number of rotatable bonds is 2. The van der Waals surface area contributed by atoms with Gasteiger partial charge in [-0.3, -0.25) is 5.41 Å². The summed E-state index contributed by atoms with van der Waals surface area (Å²) < 4.78 is 0. The summed E-state index contributed by atoms with van der Waals surface area (Å²) in [6.07, 6.45) is 4.00. The van der Waals surface area contributed by atoms with Crippen molar-refractivity contribution < 1.29 is 0 Å². The van der Waals surface area contributed by atoms with E-state index in [0.717, 1.165) is 25.3 Å². The minimum Gasteiger partial charge on any atom is -0.382 e. The molecule has 2 atom stereocenters. The molecule has 1 aliphatic heterocycles. The molecule has 1 aromatic rings. The molecule has 2 heterocycles. The number of nitrogens with one attached hydrogen (secondary N) is 1. The monoisotopic (exact) mass is 233 g/mol. The van der Waals surface area contributed by atoms with Crippen LogP contribution in [-0.4, -0.2) is 28.4 Å². The molecule has 5 heteroatoms. The molecular weight excluding hydrogens is 214 g/mol. The number of hydrogen-bond donors (Lipinski definition) is 2. The topological polar surface area (TPSA) is 78.9 Å². The second-order valence-electron chi connectivity index (χ2n) is 4.83. The van der Waals surface area contributed by atoms with Gasteiger partial charge in [-0.25, -0.2) is 9.97 Å². The van der Waals surface area contributed by atoms with Crippen LogP contribution in [0.1, 0.15) is 32.4 Å². The fourth-order valence-corrected chi connectivity index (χ4v) is 2.34. The maximum Gasteiger partial charge on any atom is 0.226 e. The summed E-state index contributed by atoms with van der Waals surface area (Å²) in [6.45, 7) is 5.45. The van der Waals surface area contributed by atoms with Crippen LogP contribution in [0.2, 0.25) is 0 Å². The third kappa shape index (κ3) is 2.54. The molecule has 17 heavy (non-hydrogen) atoms. The molecule has 1 aromatic heterocycles. The van der Waals surface area contributed by atoms with Crippen LogP contribution in [0.4, 0.5) is 5.95 Å². The minimum atomic E-state index is -0.00770. The molecule has 5 nitrogen and oxygen atoms in total. The molecule has 3 N–H and O–H groups in total. The van der Waals surface area contributed by atoms with Crippen molar-refractivity contribution in [2.24, 2.45) is 11.7 Å². The van der Waals surface area contributed by atoms with Crippen molar-refractivity contribution in [3.63, 3.8) is 0 Å². The Balaban J connectivity index is 2.22. The molecule has 0 radical (unpaired) electrons. The highest BCUT2D eigenvalue weighted by Crippen LogP contribution is 2.25. The van der Waals surface area contributed by atoms with Gasteiger partial charge in [0.25, 0.3) is 0 Å². The summed E-state index contributed by atoms with van der Waals surface area (Å²) in [5.41, 5.74) is 5.94. The summed E-state index contributed by atoms with van der Waals surface area (Å²) in [7, 11) is 0.